The van der Waals surface area contributed by atoms with Gasteiger partial charge in [-0.15, -0.1) is 0 Å². The summed E-state index contributed by atoms with van der Waals surface area (Å²) in [4.78, 5) is 14.5. The predicted octanol–water partition coefficient (Wildman–Crippen LogP) is 2.68. The Hall–Kier alpha value is -2.38. The van der Waals surface area contributed by atoms with E-state index in [0.29, 0.717) is 18.8 Å². The van der Waals surface area contributed by atoms with Gasteiger partial charge in [-0.3, -0.25) is 14.8 Å². The van der Waals surface area contributed by atoms with Crippen molar-refractivity contribution in [3.63, 3.8) is 0 Å². The van der Waals surface area contributed by atoms with E-state index in [-0.39, 0.29) is 11.8 Å². The number of carbonyl (C=O) groups excluding carboxylic acids is 1. The van der Waals surface area contributed by atoms with E-state index in [1.165, 1.54) is 0 Å². The Balaban J connectivity index is 1.33. The largest absolute Gasteiger partial charge is 0.494 e. The Labute approximate surface area is 165 Å². The summed E-state index contributed by atoms with van der Waals surface area (Å²) in [5.74, 6) is 1.51. The molecule has 28 heavy (non-hydrogen) atoms. The number of unbranched alkanes of at least 4 members (excludes halogenated alkanes) is 1. The molecule has 2 aliphatic rings. The van der Waals surface area contributed by atoms with Crippen LogP contribution in [0.4, 0.5) is 5.82 Å². The number of H-pyrrole nitrogens is 1. The van der Waals surface area contributed by atoms with Gasteiger partial charge in [0.15, 0.2) is 5.82 Å². The summed E-state index contributed by atoms with van der Waals surface area (Å²) in [7, 11) is 0. The fourth-order valence-electron chi connectivity index (χ4n) is 3.99. The van der Waals surface area contributed by atoms with Crippen LogP contribution in [0.1, 0.15) is 42.0 Å². The average Bonchev–Trinajstić information content (AvgIpc) is 3.09. The van der Waals surface area contributed by atoms with Gasteiger partial charge in [-0.25, -0.2) is 0 Å². The first-order chi connectivity index (χ1) is 13.7. The first-order valence-electron chi connectivity index (χ1n) is 10.1. The van der Waals surface area contributed by atoms with Crippen molar-refractivity contribution < 1.29 is 14.3 Å². The summed E-state index contributed by atoms with van der Waals surface area (Å²) in [6.07, 6.45) is 2.58. The molecule has 1 aromatic carbocycles. The lowest BCUT2D eigenvalue weighted by atomic mass is 9.86. The van der Waals surface area contributed by atoms with E-state index in [1.54, 1.807) is 0 Å². The van der Waals surface area contributed by atoms with Crippen molar-refractivity contribution in [3.8, 4) is 5.75 Å². The van der Waals surface area contributed by atoms with E-state index >= 15 is 0 Å². The van der Waals surface area contributed by atoms with Gasteiger partial charge in [0.2, 0.25) is 5.91 Å². The van der Waals surface area contributed by atoms with Gasteiger partial charge in [-0.05, 0) is 44.0 Å². The second-order valence-corrected chi connectivity index (χ2v) is 7.50. The fraction of sp³-hybridized carbons (Fsp3) is 0.524. The van der Waals surface area contributed by atoms with Crippen molar-refractivity contribution in [1.82, 2.24) is 15.1 Å². The van der Waals surface area contributed by atoms with Crippen LogP contribution in [0.2, 0.25) is 0 Å². The molecule has 7 heteroatoms. The van der Waals surface area contributed by atoms with Gasteiger partial charge in [-0.1, -0.05) is 12.1 Å². The normalized spacial score (nSPS) is 19.9. The van der Waals surface area contributed by atoms with Gasteiger partial charge in [0, 0.05) is 36.7 Å². The molecule has 1 fully saturated rings. The Morgan fingerprint density at radius 1 is 1.29 bits per heavy atom. The number of morpholine rings is 1. The molecular weight excluding hydrogens is 356 g/mol. The predicted molar refractivity (Wildman–Crippen MR) is 107 cm³/mol. The number of rotatable bonds is 7. The Kier molecular flexibility index (Phi) is 5.92. The molecule has 1 atom stereocenters. The molecule has 4 rings (SSSR count). The molecule has 0 radical (unpaired) electrons. The first kappa shape index (κ1) is 19.0. The molecule has 0 spiro atoms. The molecule has 0 bridgehead atoms. The van der Waals surface area contributed by atoms with Crippen LogP contribution in [0.25, 0.3) is 0 Å². The molecule has 2 N–H and O–H groups in total. The quantitative estimate of drug-likeness (QED) is 0.718. The van der Waals surface area contributed by atoms with Crippen LogP contribution in [0, 0.1) is 6.92 Å². The highest BCUT2D eigenvalue weighted by Gasteiger charge is 2.30. The fourth-order valence-corrected chi connectivity index (χ4v) is 3.99. The van der Waals surface area contributed by atoms with E-state index in [0.717, 1.165) is 68.3 Å². The summed E-state index contributed by atoms with van der Waals surface area (Å²) < 4.78 is 11.4. The minimum atomic E-state index is -0.00145. The molecule has 1 amide bonds. The number of nitrogens with one attached hydrogen (secondary N) is 2. The standard InChI is InChI=1S/C21H28N4O3/c1-15-20-18(14-19(26)22-21(20)24-23-15)16-5-4-6-17(13-16)28-10-3-2-7-25-8-11-27-12-9-25/h4-6,13,18H,2-3,7-12,14H2,1H3,(H2,22,23,24,26). The van der Waals surface area contributed by atoms with Gasteiger partial charge in [0.05, 0.1) is 19.8 Å². The van der Waals surface area contributed by atoms with Crippen LogP contribution in [0.3, 0.4) is 0 Å². The SMILES string of the molecule is Cc1[nH]nc2c1C(c1cccc(OCCCCN3CCOCC3)c1)CC(=O)N2. The Bertz CT molecular complexity index is 814. The van der Waals surface area contributed by atoms with Crippen molar-refractivity contribution >= 4 is 11.7 Å². The third-order valence-electron chi connectivity index (χ3n) is 5.49. The molecule has 1 aromatic heterocycles. The average molecular weight is 384 g/mol. The number of amides is 1. The van der Waals surface area contributed by atoms with Gasteiger partial charge >= 0.3 is 0 Å². The lowest BCUT2D eigenvalue weighted by molar-refractivity contribution is -0.116. The Morgan fingerprint density at radius 2 is 2.14 bits per heavy atom. The lowest BCUT2D eigenvalue weighted by Crippen LogP contribution is -2.36. The van der Waals surface area contributed by atoms with E-state index in [4.69, 9.17) is 9.47 Å². The van der Waals surface area contributed by atoms with E-state index in [1.807, 2.05) is 19.1 Å². The zero-order chi connectivity index (χ0) is 19.3. The number of aryl methyl sites for hydroxylation is 1. The summed E-state index contributed by atoms with van der Waals surface area (Å²) >= 11 is 0. The van der Waals surface area contributed by atoms with E-state index in [2.05, 4.69) is 32.5 Å². The zero-order valence-corrected chi connectivity index (χ0v) is 16.4. The highest BCUT2D eigenvalue weighted by Crippen LogP contribution is 2.38. The number of hydrogen-bond acceptors (Lipinski definition) is 5. The van der Waals surface area contributed by atoms with Crippen molar-refractivity contribution in [2.45, 2.75) is 32.1 Å². The maximum atomic E-state index is 12.1. The number of aromatic amines is 1. The van der Waals surface area contributed by atoms with Crippen LogP contribution in [-0.4, -0.2) is 60.5 Å². The van der Waals surface area contributed by atoms with Gasteiger partial charge in [0.25, 0.3) is 0 Å². The molecular formula is C21H28N4O3. The maximum absolute atomic E-state index is 12.1. The molecule has 3 heterocycles. The van der Waals surface area contributed by atoms with Crippen molar-refractivity contribution in [1.29, 1.82) is 0 Å². The number of nitrogens with zero attached hydrogens (tertiary/aromatic N) is 2. The summed E-state index contributed by atoms with van der Waals surface area (Å²) in [6.45, 7) is 7.56. The number of anilines is 1. The number of benzene rings is 1. The second-order valence-electron chi connectivity index (χ2n) is 7.50. The van der Waals surface area contributed by atoms with Gasteiger partial charge < -0.3 is 14.8 Å². The number of aromatic nitrogens is 2. The molecule has 0 aliphatic carbocycles. The van der Waals surface area contributed by atoms with Crippen LogP contribution >= 0.6 is 0 Å². The van der Waals surface area contributed by atoms with Crippen LogP contribution in [0.15, 0.2) is 24.3 Å². The van der Waals surface area contributed by atoms with Crippen LogP contribution in [-0.2, 0) is 9.53 Å². The Morgan fingerprint density at radius 3 is 3.00 bits per heavy atom. The smallest absolute Gasteiger partial charge is 0.226 e. The number of carbonyl (C=O) groups is 1. The third kappa shape index (κ3) is 4.36. The molecule has 2 aliphatic heterocycles. The van der Waals surface area contributed by atoms with Crippen molar-refractivity contribution in [3.05, 3.63) is 41.1 Å². The summed E-state index contributed by atoms with van der Waals surface area (Å²) in [5, 5.41) is 10.0. The zero-order valence-electron chi connectivity index (χ0n) is 16.4. The van der Waals surface area contributed by atoms with Crippen molar-refractivity contribution in [2.75, 3.05) is 44.8 Å². The molecule has 1 unspecified atom stereocenters. The van der Waals surface area contributed by atoms with Gasteiger partial charge in [-0.2, -0.15) is 5.10 Å². The van der Waals surface area contributed by atoms with Crippen LogP contribution in [0.5, 0.6) is 5.75 Å². The number of ether oxygens (including phenoxy) is 2. The monoisotopic (exact) mass is 384 g/mol. The van der Waals surface area contributed by atoms with Crippen LogP contribution < -0.4 is 10.1 Å². The first-order valence-corrected chi connectivity index (χ1v) is 10.1. The number of fused-ring (bicyclic) bond motifs is 1. The molecule has 0 saturated carbocycles. The summed E-state index contributed by atoms with van der Waals surface area (Å²) in [5.41, 5.74) is 3.16. The molecule has 7 nitrogen and oxygen atoms in total. The van der Waals surface area contributed by atoms with E-state index < -0.39 is 0 Å². The molecule has 1 saturated heterocycles. The third-order valence-corrected chi connectivity index (χ3v) is 5.49. The second kappa shape index (κ2) is 8.75. The highest BCUT2D eigenvalue weighted by molar-refractivity contribution is 5.94. The summed E-state index contributed by atoms with van der Waals surface area (Å²) in [6, 6.07) is 8.10. The lowest BCUT2D eigenvalue weighted by Gasteiger charge is -2.26. The minimum absolute atomic E-state index is 0.00145. The topological polar surface area (TPSA) is 79.5 Å². The van der Waals surface area contributed by atoms with E-state index in [9.17, 15) is 4.79 Å². The highest BCUT2D eigenvalue weighted by atomic mass is 16.5. The molecule has 150 valence electrons. The van der Waals surface area contributed by atoms with Crippen molar-refractivity contribution in [2.24, 2.45) is 0 Å². The molecule has 2 aromatic rings. The number of hydrogen-bond donors (Lipinski definition) is 2. The minimum Gasteiger partial charge on any atom is -0.494 e. The maximum Gasteiger partial charge on any atom is 0.226 e. The van der Waals surface area contributed by atoms with Gasteiger partial charge in [0.1, 0.15) is 5.75 Å².